The van der Waals surface area contributed by atoms with Crippen LogP contribution in [-0.4, -0.2) is 47.1 Å². The third-order valence-electron chi connectivity index (χ3n) is 5.89. The maximum atomic E-state index is 3.89. The van der Waals surface area contributed by atoms with E-state index in [1.807, 2.05) is 0 Å². The number of rotatable bonds is 5. The van der Waals surface area contributed by atoms with Crippen molar-refractivity contribution >= 4 is 11.8 Å². The van der Waals surface area contributed by atoms with E-state index in [-0.39, 0.29) is 0 Å². The van der Waals surface area contributed by atoms with Gasteiger partial charge in [-0.3, -0.25) is 4.90 Å². The number of hydrogen-bond acceptors (Lipinski definition) is 3. The van der Waals surface area contributed by atoms with Crippen molar-refractivity contribution in [2.24, 2.45) is 0 Å². The number of nitrogens with zero attached hydrogens (tertiary/aromatic N) is 1. The topological polar surface area (TPSA) is 15.3 Å². The normalized spacial score (nSPS) is 35.1. The highest BCUT2D eigenvalue weighted by Gasteiger charge is 2.41. The number of hydrogen-bond donors (Lipinski definition) is 1. The van der Waals surface area contributed by atoms with Gasteiger partial charge in [0.05, 0.1) is 0 Å². The fraction of sp³-hybridized carbons (Fsp3) is 1.00. The molecule has 1 aliphatic carbocycles. The summed E-state index contributed by atoms with van der Waals surface area (Å²) in [5.41, 5.74) is 0.367. The van der Waals surface area contributed by atoms with Crippen LogP contribution in [0.2, 0.25) is 0 Å². The van der Waals surface area contributed by atoms with Crippen LogP contribution in [0, 0.1) is 0 Å². The maximum Gasteiger partial charge on any atom is 0.0304 e. The van der Waals surface area contributed by atoms with Gasteiger partial charge in [0.2, 0.25) is 0 Å². The smallest absolute Gasteiger partial charge is 0.0304 e. The van der Waals surface area contributed by atoms with Crippen molar-refractivity contribution in [3.63, 3.8) is 0 Å². The Balaban J connectivity index is 2.15. The van der Waals surface area contributed by atoms with Crippen LogP contribution >= 0.6 is 11.8 Å². The standard InChI is InChI=1S/C17H34N2S/c1-5-14-12-18-17(6-2,7-3)13-19(14)15-10-8-9-11-16(15)20-4/h14-16,18H,5-13H2,1-4H3. The highest BCUT2D eigenvalue weighted by atomic mass is 32.2. The molecule has 3 unspecified atom stereocenters. The summed E-state index contributed by atoms with van der Waals surface area (Å²) in [6, 6.07) is 1.57. The van der Waals surface area contributed by atoms with E-state index in [1.165, 1.54) is 58.0 Å². The molecule has 3 heteroatoms. The first-order chi connectivity index (χ1) is 9.69. The van der Waals surface area contributed by atoms with Crippen molar-refractivity contribution in [2.75, 3.05) is 19.3 Å². The number of nitrogens with one attached hydrogen (secondary N) is 1. The molecule has 0 aromatic heterocycles. The Bertz CT molecular complexity index is 291. The van der Waals surface area contributed by atoms with Crippen LogP contribution in [0.15, 0.2) is 0 Å². The van der Waals surface area contributed by atoms with Crippen molar-refractivity contribution in [3.8, 4) is 0 Å². The summed E-state index contributed by atoms with van der Waals surface area (Å²) in [4.78, 5) is 2.91. The Morgan fingerprint density at radius 2 is 1.85 bits per heavy atom. The fourth-order valence-corrected chi connectivity index (χ4v) is 5.22. The van der Waals surface area contributed by atoms with Crippen LogP contribution in [0.25, 0.3) is 0 Å². The second-order valence-electron chi connectivity index (χ2n) is 6.73. The molecule has 3 atom stereocenters. The molecule has 2 rings (SSSR count). The predicted octanol–water partition coefficient (Wildman–Crippen LogP) is 3.90. The first-order valence-corrected chi connectivity index (χ1v) is 10.0. The highest BCUT2D eigenvalue weighted by Crippen LogP contribution is 2.35. The second kappa shape index (κ2) is 7.51. The molecule has 0 bridgehead atoms. The van der Waals surface area contributed by atoms with Crippen molar-refractivity contribution in [1.29, 1.82) is 0 Å². The van der Waals surface area contributed by atoms with Gasteiger partial charge in [0.25, 0.3) is 0 Å². The van der Waals surface area contributed by atoms with Crippen molar-refractivity contribution < 1.29 is 0 Å². The summed E-state index contributed by atoms with van der Waals surface area (Å²) in [5, 5.41) is 4.75. The molecule has 1 saturated carbocycles. The van der Waals surface area contributed by atoms with E-state index >= 15 is 0 Å². The molecule has 0 aromatic rings. The third-order valence-corrected chi connectivity index (χ3v) is 7.04. The highest BCUT2D eigenvalue weighted by molar-refractivity contribution is 7.99. The van der Waals surface area contributed by atoms with Crippen LogP contribution in [0.1, 0.15) is 65.7 Å². The maximum absolute atomic E-state index is 3.89. The summed E-state index contributed by atoms with van der Waals surface area (Å²) in [6.45, 7) is 9.53. The second-order valence-corrected chi connectivity index (χ2v) is 7.81. The van der Waals surface area contributed by atoms with E-state index in [2.05, 4.69) is 49.0 Å². The van der Waals surface area contributed by atoms with Gasteiger partial charge in [-0.25, -0.2) is 0 Å². The fourth-order valence-electron chi connectivity index (χ4n) is 4.21. The number of piperazine rings is 1. The minimum Gasteiger partial charge on any atom is -0.308 e. The van der Waals surface area contributed by atoms with E-state index in [0.29, 0.717) is 5.54 Å². The summed E-state index contributed by atoms with van der Waals surface area (Å²) in [6.07, 6.45) is 11.8. The lowest BCUT2D eigenvalue weighted by Crippen LogP contribution is -2.67. The van der Waals surface area contributed by atoms with E-state index < -0.39 is 0 Å². The molecule has 2 nitrogen and oxygen atoms in total. The summed E-state index contributed by atoms with van der Waals surface area (Å²) in [7, 11) is 0. The first kappa shape index (κ1) is 16.6. The van der Waals surface area contributed by atoms with Gasteiger partial charge >= 0.3 is 0 Å². The average Bonchev–Trinajstić information content (AvgIpc) is 2.54. The Morgan fingerprint density at radius 3 is 2.45 bits per heavy atom. The molecular formula is C17H34N2S. The quantitative estimate of drug-likeness (QED) is 0.828. The Hall–Kier alpha value is 0.270. The van der Waals surface area contributed by atoms with Gasteiger partial charge in [-0.1, -0.05) is 33.6 Å². The van der Waals surface area contributed by atoms with Crippen LogP contribution < -0.4 is 5.32 Å². The van der Waals surface area contributed by atoms with Crippen molar-refractivity contribution in [1.82, 2.24) is 10.2 Å². The van der Waals surface area contributed by atoms with Gasteiger partial charge in [-0.05, 0) is 38.4 Å². The van der Waals surface area contributed by atoms with Gasteiger partial charge in [0.1, 0.15) is 0 Å². The van der Waals surface area contributed by atoms with Crippen LogP contribution in [-0.2, 0) is 0 Å². The van der Waals surface area contributed by atoms with Gasteiger partial charge in [-0.15, -0.1) is 0 Å². The minimum atomic E-state index is 0.367. The molecule has 20 heavy (non-hydrogen) atoms. The number of thioether (sulfide) groups is 1. The molecule has 1 N–H and O–H groups in total. The molecule has 0 spiro atoms. The molecule has 0 aromatic carbocycles. The van der Waals surface area contributed by atoms with Crippen molar-refractivity contribution in [3.05, 3.63) is 0 Å². The first-order valence-electron chi connectivity index (χ1n) is 8.73. The van der Waals surface area contributed by atoms with Crippen molar-refractivity contribution in [2.45, 2.75) is 88.6 Å². The molecule has 0 amide bonds. The molecule has 1 saturated heterocycles. The van der Waals surface area contributed by atoms with E-state index in [4.69, 9.17) is 0 Å². The monoisotopic (exact) mass is 298 g/mol. The molecular weight excluding hydrogens is 264 g/mol. The van der Waals surface area contributed by atoms with E-state index in [9.17, 15) is 0 Å². The van der Waals surface area contributed by atoms with E-state index in [1.54, 1.807) is 0 Å². The molecule has 1 heterocycles. The van der Waals surface area contributed by atoms with Gasteiger partial charge in [-0.2, -0.15) is 11.8 Å². The Morgan fingerprint density at radius 1 is 1.15 bits per heavy atom. The lowest BCUT2D eigenvalue weighted by atomic mass is 9.84. The lowest BCUT2D eigenvalue weighted by Gasteiger charge is -2.52. The van der Waals surface area contributed by atoms with Gasteiger partial charge < -0.3 is 5.32 Å². The lowest BCUT2D eigenvalue weighted by molar-refractivity contribution is 0.0241. The minimum absolute atomic E-state index is 0.367. The van der Waals surface area contributed by atoms with Gasteiger partial charge in [0, 0.05) is 36.0 Å². The predicted molar refractivity (Wildman–Crippen MR) is 91.7 cm³/mol. The molecule has 2 aliphatic rings. The van der Waals surface area contributed by atoms with Crippen LogP contribution in [0.5, 0.6) is 0 Å². The van der Waals surface area contributed by atoms with E-state index in [0.717, 1.165) is 17.3 Å². The third kappa shape index (κ3) is 3.36. The summed E-state index contributed by atoms with van der Waals surface area (Å²) in [5.74, 6) is 0. The largest absolute Gasteiger partial charge is 0.308 e. The Labute approximate surface area is 130 Å². The molecule has 118 valence electrons. The average molecular weight is 299 g/mol. The molecule has 0 radical (unpaired) electrons. The molecule has 2 fully saturated rings. The van der Waals surface area contributed by atoms with Crippen LogP contribution in [0.3, 0.4) is 0 Å². The van der Waals surface area contributed by atoms with Crippen LogP contribution in [0.4, 0.5) is 0 Å². The zero-order valence-corrected chi connectivity index (χ0v) is 14.8. The SMILES string of the molecule is CCC1CNC(CC)(CC)CN1C1CCCCC1SC. The van der Waals surface area contributed by atoms with Gasteiger partial charge in [0.15, 0.2) is 0 Å². The summed E-state index contributed by atoms with van der Waals surface area (Å²) < 4.78 is 0. The molecule has 1 aliphatic heterocycles. The Kier molecular flexibility index (Phi) is 6.25. The zero-order valence-electron chi connectivity index (χ0n) is 14.0. The zero-order chi connectivity index (χ0) is 14.6. The summed E-state index contributed by atoms with van der Waals surface area (Å²) >= 11 is 2.11.